The Kier molecular flexibility index (Phi) is 4.32. The molecule has 0 atom stereocenters. The minimum absolute atomic E-state index is 0.239. The summed E-state index contributed by atoms with van der Waals surface area (Å²) in [6.07, 6.45) is 7.11. The van der Waals surface area contributed by atoms with Gasteiger partial charge in [0, 0.05) is 47.7 Å². The van der Waals surface area contributed by atoms with Crippen LogP contribution in [0.25, 0.3) is 11.3 Å². The molecule has 0 spiro atoms. The largest absolute Gasteiger partial charge is 0.319 e. The van der Waals surface area contributed by atoms with E-state index in [0.29, 0.717) is 11.5 Å². The Morgan fingerprint density at radius 2 is 2.08 bits per heavy atom. The summed E-state index contributed by atoms with van der Waals surface area (Å²) in [5.41, 5.74) is 4.15. The van der Waals surface area contributed by atoms with Crippen molar-refractivity contribution in [1.29, 1.82) is 0 Å². The Labute approximate surface area is 155 Å². The van der Waals surface area contributed by atoms with Crippen molar-refractivity contribution in [3.05, 3.63) is 51.7 Å². The number of fused-ring (bicyclic) bond motifs is 3. The first-order valence-corrected chi connectivity index (χ1v) is 9.59. The third-order valence-corrected chi connectivity index (χ3v) is 5.75. The average Bonchev–Trinajstić information content (AvgIpc) is 3.16. The second-order valence-electron chi connectivity index (χ2n) is 6.95. The number of pyridine rings is 1. The molecule has 0 saturated heterocycles. The maximum absolute atomic E-state index is 12.4. The highest BCUT2D eigenvalue weighted by Gasteiger charge is 2.25. The highest BCUT2D eigenvalue weighted by Crippen LogP contribution is 2.34. The summed E-state index contributed by atoms with van der Waals surface area (Å²) in [5.74, 6) is 0.317. The maximum atomic E-state index is 12.4. The normalized spacial score (nSPS) is 13.8. The van der Waals surface area contributed by atoms with Crippen molar-refractivity contribution in [2.75, 3.05) is 0 Å². The number of aryl methyl sites for hydroxylation is 1. The van der Waals surface area contributed by atoms with Gasteiger partial charge in [0.15, 0.2) is 4.80 Å². The van der Waals surface area contributed by atoms with Crippen LogP contribution in [0, 0.1) is 5.92 Å². The molecular formula is C19H21N5OS. The van der Waals surface area contributed by atoms with Crippen LogP contribution in [0.4, 0.5) is 0 Å². The van der Waals surface area contributed by atoms with E-state index in [2.05, 4.69) is 33.6 Å². The molecular weight excluding hydrogens is 346 g/mol. The predicted octanol–water partition coefficient (Wildman–Crippen LogP) is 2.84. The van der Waals surface area contributed by atoms with Gasteiger partial charge in [0.25, 0.3) is 5.91 Å². The van der Waals surface area contributed by atoms with Crippen molar-refractivity contribution in [1.82, 2.24) is 19.3 Å². The van der Waals surface area contributed by atoms with Crippen molar-refractivity contribution in [3.8, 4) is 11.3 Å². The summed E-state index contributed by atoms with van der Waals surface area (Å²) in [6, 6.07) is 3.38. The molecule has 134 valence electrons. The number of hydrogen-bond acceptors (Lipinski definition) is 4. The molecule has 1 aliphatic carbocycles. The summed E-state index contributed by atoms with van der Waals surface area (Å²) in [5, 5.41) is 4.60. The third-order valence-electron chi connectivity index (χ3n) is 4.56. The molecule has 4 rings (SSSR count). The van der Waals surface area contributed by atoms with Crippen LogP contribution in [-0.2, 0) is 26.4 Å². The Balaban J connectivity index is 1.76. The van der Waals surface area contributed by atoms with Gasteiger partial charge in [0.1, 0.15) is 0 Å². The Bertz CT molecular complexity index is 1030. The zero-order chi connectivity index (χ0) is 18.3. The Hall–Kier alpha value is -2.54. The van der Waals surface area contributed by atoms with E-state index in [-0.39, 0.29) is 5.91 Å². The number of aromatic nitrogens is 4. The van der Waals surface area contributed by atoms with Crippen molar-refractivity contribution in [2.45, 2.75) is 33.2 Å². The van der Waals surface area contributed by atoms with Gasteiger partial charge < -0.3 is 4.57 Å². The van der Waals surface area contributed by atoms with E-state index in [9.17, 15) is 4.79 Å². The van der Waals surface area contributed by atoms with E-state index in [1.54, 1.807) is 35.9 Å². The van der Waals surface area contributed by atoms with Crippen molar-refractivity contribution in [2.24, 2.45) is 18.0 Å². The predicted molar refractivity (Wildman–Crippen MR) is 101 cm³/mol. The molecule has 3 aromatic heterocycles. The van der Waals surface area contributed by atoms with Crippen molar-refractivity contribution < 1.29 is 4.79 Å². The number of amides is 1. The van der Waals surface area contributed by atoms with E-state index in [1.807, 2.05) is 17.8 Å². The summed E-state index contributed by atoms with van der Waals surface area (Å²) >= 11 is 1.59. The lowest BCUT2D eigenvalue weighted by Gasteiger charge is -2.16. The molecule has 0 bridgehead atoms. The second-order valence-corrected chi connectivity index (χ2v) is 8.01. The van der Waals surface area contributed by atoms with Crippen LogP contribution in [0.15, 0.2) is 35.7 Å². The Morgan fingerprint density at radius 3 is 2.81 bits per heavy atom. The molecule has 7 heteroatoms. The lowest BCUT2D eigenvalue weighted by Crippen LogP contribution is -2.16. The molecule has 3 aromatic rings. The fourth-order valence-corrected chi connectivity index (χ4v) is 4.49. The van der Waals surface area contributed by atoms with Gasteiger partial charge in [0.2, 0.25) is 0 Å². The van der Waals surface area contributed by atoms with Crippen LogP contribution in [0.2, 0.25) is 0 Å². The number of hydrogen-bond donors (Lipinski definition) is 0. The number of carbonyl (C=O) groups is 1. The minimum atomic E-state index is -0.239. The molecule has 3 heterocycles. The highest BCUT2D eigenvalue weighted by molar-refractivity contribution is 7.09. The fourth-order valence-electron chi connectivity index (χ4n) is 3.36. The SMILES string of the molecule is CC(C)Cn1ncc2c1CCc1sc(=NC(=O)c3ccncc3)n(C)c1-2. The average molecular weight is 367 g/mol. The number of thiazole rings is 1. The first-order valence-electron chi connectivity index (χ1n) is 8.77. The van der Waals surface area contributed by atoms with Crippen LogP contribution in [0.5, 0.6) is 0 Å². The van der Waals surface area contributed by atoms with Crippen LogP contribution in [-0.4, -0.2) is 25.2 Å². The highest BCUT2D eigenvalue weighted by atomic mass is 32.1. The molecule has 6 nitrogen and oxygen atoms in total. The van der Waals surface area contributed by atoms with Gasteiger partial charge in [-0.2, -0.15) is 10.1 Å². The first-order chi connectivity index (χ1) is 12.5. The zero-order valence-corrected chi connectivity index (χ0v) is 16.0. The van der Waals surface area contributed by atoms with Gasteiger partial charge in [-0.05, 0) is 30.9 Å². The van der Waals surface area contributed by atoms with E-state index < -0.39 is 0 Å². The van der Waals surface area contributed by atoms with Gasteiger partial charge in [-0.1, -0.05) is 13.8 Å². The lowest BCUT2D eigenvalue weighted by atomic mass is 10.00. The second kappa shape index (κ2) is 6.64. The minimum Gasteiger partial charge on any atom is -0.319 e. The summed E-state index contributed by atoms with van der Waals surface area (Å²) in [6.45, 7) is 5.33. The molecule has 0 radical (unpaired) electrons. The first kappa shape index (κ1) is 16.9. The number of rotatable bonds is 3. The summed E-state index contributed by atoms with van der Waals surface area (Å²) in [4.78, 5) is 22.7. The van der Waals surface area contributed by atoms with Crippen molar-refractivity contribution in [3.63, 3.8) is 0 Å². The summed E-state index contributed by atoms with van der Waals surface area (Å²) in [7, 11) is 1.98. The molecule has 1 amide bonds. The van der Waals surface area contributed by atoms with E-state index in [1.165, 1.54) is 16.1 Å². The van der Waals surface area contributed by atoms with Gasteiger partial charge in [-0.25, -0.2) is 0 Å². The molecule has 0 aliphatic heterocycles. The third kappa shape index (κ3) is 2.92. The lowest BCUT2D eigenvalue weighted by molar-refractivity contribution is 0.0998. The standard InChI is InChI=1S/C19H21N5OS/c1-12(2)11-24-15-4-5-16-17(14(15)10-21-24)23(3)19(26-16)22-18(25)13-6-8-20-9-7-13/h6-10,12H,4-5,11H2,1-3H3. The monoisotopic (exact) mass is 367 g/mol. The molecule has 0 unspecified atom stereocenters. The topological polar surface area (TPSA) is 65.1 Å². The Morgan fingerprint density at radius 1 is 1.31 bits per heavy atom. The van der Waals surface area contributed by atoms with Gasteiger partial charge >= 0.3 is 0 Å². The van der Waals surface area contributed by atoms with Crippen LogP contribution in [0.1, 0.15) is 34.8 Å². The van der Waals surface area contributed by atoms with Crippen LogP contribution in [0.3, 0.4) is 0 Å². The molecule has 26 heavy (non-hydrogen) atoms. The fraction of sp³-hybridized carbons (Fsp3) is 0.368. The van der Waals surface area contributed by atoms with Gasteiger partial charge in [-0.15, -0.1) is 11.3 Å². The van der Waals surface area contributed by atoms with Gasteiger partial charge in [0.05, 0.1) is 11.9 Å². The molecule has 0 aromatic carbocycles. The van der Waals surface area contributed by atoms with Crippen molar-refractivity contribution >= 4 is 17.2 Å². The molecule has 0 fully saturated rings. The van der Waals surface area contributed by atoms with Crippen LogP contribution < -0.4 is 4.80 Å². The van der Waals surface area contributed by atoms with E-state index >= 15 is 0 Å². The number of carbonyl (C=O) groups excluding carboxylic acids is 1. The quantitative estimate of drug-likeness (QED) is 0.715. The summed E-state index contributed by atoms with van der Waals surface area (Å²) < 4.78 is 4.15. The van der Waals surface area contributed by atoms with E-state index in [0.717, 1.165) is 29.9 Å². The molecule has 0 N–H and O–H groups in total. The maximum Gasteiger partial charge on any atom is 0.279 e. The van der Waals surface area contributed by atoms with E-state index in [4.69, 9.17) is 0 Å². The number of nitrogens with zero attached hydrogens (tertiary/aromatic N) is 5. The van der Waals surface area contributed by atoms with Gasteiger partial charge in [-0.3, -0.25) is 14.5 Å². The zero-order valence-electron chi connectivity index (χ0n) is 15.1. The molecule has 0 saturated carbocycles. The smallest absolute Gasteiger partial charge is 0.279 e. The van der Waals surface area contributed by atoms with Crippen LogP contribution >= 0.6 is 11.3 Å². The molecule has 1 aliphatic rings.